The van der Waals surface area contributed by atoms with Crippen LogP contribution in [0.15, 0.2) is 0 Å². The zero-order chi connectivity index (χ0) is 19.2. The molecular formula is C18H34N4O3. The maximum atomic E-state index is 12.5. The van der Waals surface area contributed by atoms with Crippen LogP contribution in [0.5, 0.6) is 0 Å². The summed E-state index contributed by atoms with van der Waals surface area (Å²) >= 11 is 0. The van der Waals surface area contributed by atoms with Gasteiger partial charge < -0.3 is 15.5 Å². The van der Waals surface area contributed by atoms with Gasteiger partial charge in [-0.1, -0.05) is 0 Å². The third kappa shape index (κ3) is 6.65. The van der Waals surface area contributed by atoms with E-state index in [0.29, 0.717) is 19.6 Å². The molecule has 0 aromatic heterocycles. The Hall–Kier alpha value is -1.63. The highest BCUT2D eigenvalue weighted by atomic mass is 16.2. The molecule has 2 N–H and O–H groups in total. The van der Waals surface area contributed by atoms with Crippen LogP contribution in [0.2, 0.25) is 0 Å². The molecule has 2 atom stereocenters. The van der Waals surface area contributed by atoms with E-state index in [-0.39, 0.29) is 29.8 Å². The number of piperidine rings is 1. The van der Waals surface area contributed by atoms with Gasteiger partial charge in [0.2, 0.25) is 17.7 Å². The Balaban J connectivity index is 2.50. The van der Waals surface area contributed by atoms with Gasteiger partial charge in [-0.2, -0.15) is 0 Å². The van der Waals surface area contributed by atoms with E-state index in [2.05, 4.69) is 22.5 Å². The van der Waals surface area contributed by atoms with E-state index in [1.807, 2.05) is 27.8 Å². The molecule has 1 heterocycles. The molecule has 0 aliphatic carbocycles. The normalized spacial score (nSPS) is 21.5. The number of likely N-dealkylation sites (tertiary alicyclic amines) is 1. The van der Waals surface area contributed by atoms with E-state index in [1.54, 1.807) is 4.90 Å². The molecule has 2 unspecified atom stereocenters. The predicted molar refractivity (Wildman–Crippen MR) is 98.0 cm³/mol. The lowest BCUT2D eigenvalue weighted by Crippen LogP contribution is -2.54. The van der Waals surface area contributed by atoms with Crippen molar-refractivity contribution in [2.75, 3.05) is 33.2 Å². The minimum atomic E-state index is -0.647. The highest BCUT2D eigenvalue weighted by Gasteiger charge is 2.33. The quantitative estimate of drug-likeness (QED) is 0.701. The third-order valence-electron chi connectivity index (χ3n) is 4.98. The summed E-state index contributed by atoms with van der Waals surface area (Å²) in [6.45, 7) is 11.4. The van der Waals surface area contributed by atoms with E-state index in [1.165, 1.54) is 6.92 Å². The van der Waals surface area contributed by atoms with Crippen LogP contribution in [0.3, 0.4) is 0 Å². The molecule has 0 aromatic carbocycles. The Bertz CT molecular complexity index is 493. The largest absolute Gasteiger partial charge is 0.355 e. The zero-order valence-electron chi connectivity index (χ0n) is 16.5. The standard InChI is InChI=1S/C18H34N4O3/c1-7-21(6)16(24)11-22-9-8-15(10-13(22)2)20-17(25)18(4,5)12-19-14(3)23/h13,15H,7-12H2,1-6H3,(H,19,23)(H,20,25). The van der Waals surface area contributed by atoms with Gasteiger partial charge in [0.25, 0.3) is 0 Å². The fourth-order valence-corrected chi connectivity index (χ4v) is 2.86. The van der Waals surface area contributed by atoms with Crippen molar-refractivity contribution < 1.29 is 14.4 Å². The van der Waals surface area contributed by atoms with Crippen molar-refractivity contribution >= 4 is 17.7 Å². The summed E-state index contributed by atoms with van der Waals surface area (Å²) < 4.78 is 0. The summed E-state index contributed by atoms with van der Waals surface area (Å²) in [5.74, 6) is -0.0495. The molecule has 144 valence electrons. The number of nitrogens with zero attached hydrogens (tertiary/aromatic N) is 2. The number of carbonyl (C=O) groups excluding carboxylic acids is 3. The molecule has 1 fully saturated rings. The summed E-state index contributed by atoms with van der Waals surface area (Å²) in [6.07, 6.45) is 1.65. The van der Waals surface area contributed by atoms with Gasteiger partial charge in [-0.15, -0.1) is 0 Å². The summed E-state index contributed by atoms with van der Waals surface area (Å²) in [6, 6.07) is 0.348. The fourth-order valence-electron chi connectivity index (χ4n) is 2.86. The van der Waals surface area contributed by atoms with Crippen molar-refractivity contribution in [3.63, 3.8) is 0 Å². The SMILES string of the molecule is CCN(C)C(=O)CN1CCC(NC(=O)C(C)(C)CNC(C)=O)CC1C. The maximum Gasteiger partial charge on any atom is 0.236 e. The number of nitrogens with one attached hydrogen (secondary N) is 2. The number of hydrogen-bond donors (Lipinski definition) is 2. The molecule has 1 aliphatic rings. The molecule has 0 saturated carbocycles. The van der Waals surface area contributed by atoms with Crippen LogP contribution in [-0.4, -0.2) is 72.8 Å². The zero-order valence-corrected chi connectivity index (χ0v) is 16.5. The Morgan fingerprint density at radius 1 is 1.28 bits per heavy atom. The molecule has 0 spiro atoms. The molecule has 1 rings (SSSR count). The second-order valence-corrected chi connectivity index (χ2v) is 7.72. The van der Waals surface area contributed by atoms with E-state index in [0.717, 1.165) is 19.4 Å². The van der Waals surface area contributed by atoms with Crippen LogP contribution < -0.4 is 10.6 Å². The Kier molecular flexibility index (Phi) is 7.86. The lowest BCUT2D eigenvalue weighted by Gasteiger charge is -2.39. The molecule has 0 radical (unpaired) electrons. The van der Waals surface area contributed by atoms with Crippen LogP contribution in [0, 0.1) is 5.41 Å². The molecule has 1 aliphatic heterocycles. The number of rotatable bonds is 7. The first-order chi connectivity index (χ1) is 11.6. The van der Waals surface area contributed by atoms with Crippen molar-refractivity contribution in [1.82, 2.24) is 20.4 Å². The Morgan fingerprint density at radius 3 is 2.44 bits per heavy atom. The van der Waals surface area contributed by atoms with Gasteiger partial charge in [0, 0.05) is 45.7 Å². The van der Waals surface area contributed by atoms with E-state index in [9.17, 15) is 14.4 Å². The van der Waals surface area contributed by atoms with Crippen LogP contribution in [0.1, 0.15) is 47.5 Å². The van der Waals surface area contributed by atoms with Crippen molar-refractivity contribution in [2.45, 2.75) is 59.5 Å². The minimum Gasteiger partial charge on any atom is -0.355 e. The first-order valence-electron chi connectivity index (χ1n) is 9.10. The van der Waals surface area contributed by atoms with Crippen LogP contribution in [0.4, 0.5) is 0 Å². The predicted octanol–water partition coefficient (Wildman–Crippen LogP) is 0.596. The Labute approximate surface area is 151 Å². The van der Waals surface area contributed by atoms with E-state index < -0.39 is 5.41 Å². The van der Waals surface area contributed by atoms with Crippen molar-refractivity contribution in [3.05, 3.63) is 0 Å². The molecule has 0 bridgehead atoms. The lowest BCUT2D eigenvalue weighted by molar-refractivity contribution is -0.133. The van der Waals surface area contributed by atoms with E-state index >= 15 is 0 Å². The first kappa shape index (κ1) is 21.4. The lowest BCUT2D eigenvalue weighted by atomic mass is 9.90. The van der Waals surface area contributed by atoms with Gasteiger partial charge in [-0.3, -0.25) is 19.3 Å². The van der Waals surface area contributed by atoms with Crippen molar-refractivity contribution in [1.29, 1.82) is 0 Å². The summed E-state index contributed by atoms with van der Waals surface area (Å²) in [7, 11) is 1.82. The number of carbonyl (C=O) groups is 3. The average Bonchev–Trinajstić information content (AvgIpc) is 2.54. The number of amides is 3. The first-order valence-corrected chi connectivity index (χ1v) is 9.10. The van der Waals surface area contributed by atoms with Gasteiger partial charge in [-0.05, 0) is 40.5 Å². The van der Waals surface area contributed by atoms with Crippen molar-refractivity contribution in [2.24, 2.45) is 5.41 Å². The number of hydrogen-bond acceptors (Lipinski definition) is 4. The van der Waals surface area contributed by atoms with Gasteiger partial charge in [-0.25, -0.2) is 0 Å². The second kappa shape index (κ2) is 9.17. The molecule has 25 heavy (non-hydrogen) atoms. The highest BCUT2D eigenvalue weighted by molar-refractivity contribution is 5.83. The highest BCUT2D eigenvalue weighted by Crippen LogP contribution is 2.20. The van der Waals surface area contributed by atoms with Gasteiger partial charge in [0.15, 0.2) is 0 Å². The monoisotopic (exact) mass is 354 g/mol. The second-order valence-electron chi connectivity index (χ2n) is 7.72. The molecule has 0 aromatic rings. The number of likely N-dealkylation sites (N-methyl/N-ethyl adjacent to an activating group) is 1. The van der Waals surface area contributed by atoms with Gasteiger partial charge in [0.05, 0.1) is 12.0 Å². The minimum absolute atomic E-state index is 0.0475. The average molecular weight is 354 g/mol. The van der Waals surface area contributed by atoms with Crippen LogP contribution >= 0.6 is 0 Å². The molecule has 1 saturated heterocycles. The van der Waals surface area contributed by atoms with Crippen LogP contribution in [0.25, 0.3) is 0 Å². The maximum absolute atomic E-state index is 12.5. The van der Waals surface area contributed by atoms with Crippen molar-refractivity contribution in [3.8, 4) is 0 Å². The van der Waals surface area contributed by atoms with Gasteiger partial charge in [0.1, 0.15) is 0 Å². The smallest absolute Gasteiger partial charge is 0.236 e. The van der Waals surface area contributed by atoms with E-state index in [4.69, 9.17) is 0 Å². The Morgan fingerprint density at radius 2 is 1.92 bits per heavy atom. The van der Waals surface area contributed by atoms with Crippen LogP contribution in [-0.2, 0) is 14.4 Å². The molecular weight excluding hydrogens is 320 g/mol. The molecule has 3 amide bonds. The fraction of sp³-hybridized carbons (Fsp3) is 0.833. The molecule has 7 nitrogen and oxygen atoms in total. The van der Waals surface area contributed by atoms with Gasteiger partial charge >= 0.3 is 0 Å². The summed E-state index contributed by atoms with van der Waals surface area (Å²) in [5.41, 5.74) is -0.647. The summed E-state index contributed by atoms with van der Waals surface area (Å²) in [4.78, 5) is 39.6. The topological polar surface area (TPSA) is 81.8 Å². The summed E-state index contributed by atoms with van der Waals surface area (Å²) in [5, 5.41) is 5.82. The molecule has 7 heteroatoms. The third-order valence-corrected chi connectivity index (χ3v) is 4.98.